The van der Waals surface area contributed by atoms with E-state index in [1.54, 1.807) is 4.90 Å². The molecule has 13 heavy (non-hydrogen) atoms. The molecule has 0 aromatic heterocycles. The van der Waals surface area contributed by atoms with Crippen LogP contribution in [0, 0.1) is 0 Å². The molecule has 0 saturated carbocycles. The van der Waals surface area contributed by atoms with Crippen LogP contribution < -0.4 is 4.90 Å². The van der Waals surface area contributed by atoms with Gasteiger partial charge in [0.25, 0.3) is 0 Å². The van der Waals surface area contributed by atoms with Crippen LogP contribution in [-0.4, -0.2) is 11.4 Å². The SMILES string of the molecule is CC(C)N(C(=O)Cl)c1ccccc1. The Morgan fingerprint density at radius 3 is 2.23 bits per heavy atom. The molecule has 2 nitrogen and oxygen atoms in total. The maximum atomic E-state index is 11.1. The molecule has 1 amide bonds. The van der Waals surface area contributed by atoms with Crippen LogP contribution in [-0.2, 0) is 0 Å². The second-order valence-electron chi connectivity index (χ2n) is 3.05. The van der Waals surface area contributed by atoms with Crippen molar-refractivity contribution in [1.29, 1.82) is 0 Å². The van der Waals surface area contributed by atoms with Crippen molar-refractivity contribution in [3.63, 3.8) is 0 Å². The van der Waals surface area contributed by atoms with Crippen LogP contribution in [0.15, 0.2) is 30.3 Å². The van der Waals surface area contributed by atoms with E-state index < -0.39 is 5.37 Å². The minimum Gasteiger partial charge on any atom is -0.296 e. The van der Waals surface area contributed by atoms with Crippen molar-refractivity contribution in [3.8, 4) is 0 Å². The van der Waals surface area contributed by atoms with Gasteiger partial charge in [-0.2, -0.15) is 0 Å². The van der Waals surface area contributed by atoms with Gasteiger partial charge in [0.05, 0.1) is 0 Å². The smallest absolute Gasteiger partial charge is 0.296 e. The van der Waals surface area contributed by atoms with E-state index >= 15 is 0 Å². The molecule has 3 heteroatoms. The Hall–Kier alpha value is -1.02. The molecular weight excluding hydrogens is 186 g/mol. The molecule has 0 bridgehead atoms. The summed E-state index contributed by atoms with van der Waals surface area (Å²) in [5.74, 6) is 0. The Labute approximate surface area is 83.1 Å². The molecule has 0 spiro atoms. The zero-order valence-corrected chi connectivity index (χ0v) is 8.45. The van der Waals surface area contributed by atoms with Gasteiger partial charge in [-0.05, 0) is 37.6 Å². The highest BCUT2D eigenvalue weighted by Crippen LogP contribution is 2.18. The maximum absolute atomic E-state index is 11.1. The van der Waals surface area contributed by atoms with E-state index in [2.05, 4.69) is 0 Å². The number of anilines is 1. The zero-order valence-electron chi connectivity index (χ0n) is 7.70. The fraction of sp³-hybridized carbons (Fsp3) is 0.300. The molecule has 0 aliphatic rings. The van der Waals surface area contributed by atoms with E-state index in [9.17, 15) is 4.79 Å². The summed E-state index contributed by atoms with van der Waals surface area (Å²) in [4.78, 5) is 12.6. The third-order valence-corrected chi connectivity index (χ3v) is 1.92. The van der Waals surface area contributed by atoms with Crippen LogP contribution in [0.1, 0.15) is 13.8 Å². The van der Waals surface area contributed by atoms with Crippen LogP contribution >= 0.6 is 11.6 Å². The summed E-state index contributed by atoms with van der Waals surface area (Å²) in [5, 5.41) is -0.443. The zero-order chi connectivity index (χ0) is 9.84. The van der Waals surface area contributed by atoms with Crippen LogP contribution in [0.4, 0.5) is 10.5 Å². The van der Waals surface area contributed by atoms with Crippen molar-refractivity contribution in [1.82, 2.24) is 0 Å². The Bertz CT molecular complexity index is 284. The molecule has 1 aromatic rings. The summed E-state index contributed by atoms with van der Waals surface area (Å²) in [7, 11) is 0. The predicted molar refractivity (Wildman–Crippen MR) is 55.3 cm³/mol. The number of halogens is 1. The van der Waals surface area contributed by atoms with Crippen LogP contribution in [0.5, 0.6) is 0 Å². The second kappa shape index (κ2) is 4.28. The van der Waals surface area contributed by atoms with Gasteiger partial charge >= 0.3 is 5.37 Å². The molecule has 0 aliphatic heterocycles. The third-order valence-electron chi connectivity index (χ3n) is 1.74. The second-order valence-corrected chi connectivity index (χ2v) is 3.38. The fourth-order valence-electron chi connectivity index (χ4n) is 1.19. The number of hydrogen-bond acceptors (Lipinski definition) is 1. The molecule has 0 unspecified atom stereocenters. The van der Waals surface area contributed by atoms with Crippen molar-refractivity contribution in [2.45, 2.75) is 19.9 Å². The lowest BCUT2D eigenvalue weighted by Crippen LogP contribution is -2.32. The molecule has 1 aromatic carbocycles. The summed E-state index contributed by atoms with van der Waals surface area (Å²) >= 11 is 5.46. The van der Waals surface area contributed by atoms with Gasteiger partial charge in [0.1, 0.15) is 0 Å². The Kier molecular flexibility index (Phi) is 3.32. The summed E-state index contributed by atoms with van der Waals surface area (Å²) < 4.78 is 0. The summed E-state index contributed by atoms with van der Waals surface area (Å²) in [6.07, 6.45) is 0. The average molecular weight is 198 g/mol. The number of benzene rings is 1. The van der Waals surface area contributed by atoms with Crippen LogP contribution in [0.3, 0.4) is 0 Å². The number of para-hydroxylation sites is 1. The standard InChI is InChI=1S/C10H12ClNO/c1-8(2)12(10(11)13)9-6-4-3-5-7-9/h3-8H,1-2H3. The van der Waals surface area contributed by atoms with Crippen molar-refractivity contribution in [3.05, 3.63) is 30.3 Å². The lowest BCUT2D eigenvalue weighted by molar-refractivity contribution is 0.263. The number of carbonyl (C=O) groups excluding carboxylic acids is 1. The molecule has 0 radical (unpaired) electrons. The molecular formula is C10H12ClNO. The van der Waals surface area contributed by atoms with E-state index in [1.165, 1.54) is 0 Å². The molecule has 0 heterocycles. The molecule has 0 aliphatic carbocycles. The van der Waals surface area contributed by atoms with Gasteiger partial charge in [0.15, 0.2) is 0 Å². The van der Waals surface area contributed by atoms with Crippen molar-refractivity contribution < 1.29 is 4.79 Å². The highest BCUT2D eigenvalue weighted by molar-refractivity contribution is 6.66. The normalized spacial score (nSPS) is 10.2. The lowest BCUT2D eigenvalue weighted by atomic mass is 10.2. The van der Waals surface area contributed by atoms with E-state index in [-0.39, 0.29) is 6.04 Å². The molecule has 0 fully saturated rings. The first-order valence-corrected chi connectivity index (χ1v) is 4.54. The molecule has 0 atom stereocenters. The number of hydrogen-bond donors (Lipinski definition) is 0. The molecule has 70 valence electrons. The van der Waals surface area contributed by atoms with E-state index in [0.717, 1.165) is 5.69 Å². The summed E-state index contributed by atoms with van der Waals surface area (Å²) in [6.45, 7) is 3.85. The van der Waals surface area contributed by atoms with Gasteiger partial charge < -0.3 is 0 Å². The van der Waals surface area contributed by atoms with Gasteiger partial charge in [-0.3, -0.25) is 9.69 Å². The number of amides is 1. The van der Waals surface area contributed by atoms with Crippen molar-refractivity contribution in [2.24, 2.45) is 0 Å². The van der Waals surface area contributed by atoms with Crippen LogP contribution in [0.25, 0.3) is 0 Å². The summed E-state index contributed by atoms with van der Waals surface area (Å²) in [5.41, 5.74) is 0.831. The Balaban J connectivity index is 2.96. The number of rotatable bonds is 2. The number of carbonyl (C=O) groups is 1. The predicted octanol–water partition coefficient (Wildman–Crippen LogP) is 3.26. The minimum atomic E-state index is -0.443. The van der Waals surface area contributed by atoms with Crippen LogP contribution in [0.2, 0.25) is 0 Å². The largest absolute Gasteiger partial charge is 0.321 e. The summed E-state index contributed by atoms with van der Waals surface area (Å²) in [6, 6.07) is 9.46. The molecule has 0 saturated heterocycles. The van der Waals surface area contributed by atoms with E-state index in [0.29, 0.717) is 0 Å². The van der Waals surface area contributed by atoms with Gasteiger partial charge in [0.2, 0.25) is 0 Å². The lowest BCUT2D eigenvalue weighted by Gasteiger charge is -2.23. The van der Waals surface area contributed by atoms with Gasteiger partial charge in [-0.15, -0.1) is 0 Å². The monoisotopic (exact) mass is 197 g/mol. The first-order valence-electron chi connectivity index (χ1n) is 4.16. The molecule has 0 N–H and O–H groups in total. The third kappa shape index (κ3) is 2.46. The highest BCUT2D eigenvalue weighted by Gasteiger charge is 2.15. The van der Waals surface area contributed by atoms with Gasteiger partial charge in [-0.1, -0.05) is 18.2 Å². The maximum Gasteiger partial charge on any atom is 0.321 e. The number of nitrogens with zero attached hydrogens (tertiary/aromatic N) is 1. The quantitative estimate of drug-likeness (QED) is 0.527. The Morgan fingerprint density at radius 1 is 1.31 bits per heavy atom. The van der Waals surface area contributed by atoms with Gasteiger partial charge in [0, 0.05) is 11.7 Å². The minimum absolute atomic E-state index is 0.0763. The van der Waals surface area contributed by atoms with Crippen molar-refractivity contribution in [2.75, 3.05) is 4.90 Å². The highest BCUT2D eigenvalue weighted by atomic mass is 35.5. The van der Waals surface area contributed by atoms with Gasteiger partial charge in [-0.25, -0.2) is 0 Å². The van der Waals surface area contributed by atoms with Crippen molar-refractivity contribution >= 4 is 22.7 Å². The molecule has 1 rings (SSSR count). The average Bonchev–Trinajstić information content (AvgIpc) is 2.04. The fourth-order valence-corrected chi connectivity index (χ4v) is 1.48. The van der Waals surface area contributed by atoms with E-state index in [4.69, 9.17) is 11.6 Å². The Morgan fingerprint density at radius 2 is 1.85 bits per heavy atom. The topological polar surface area (TPSA) is 20.3 Å². The first-order chi connectivity index (χ1) is 6.13. The first kappa shape index (κ1) is 10.1. The van der Waals surface area contributed by atoms with E-state index in [1.807, 2.05) is 44.2 Å².